The van der Waals surface area contributed by atoms with Gasteiger partial charge in [0.1, 0.15) is 12.0 Å². The fraction of sp³-hybridized carbons (Fsp3) is 0.400. The summed E-state index contributed by atoms with van der Waals surface area (Å²) in [5.41, 5.74) is 1.09. The molecule has 2 heterocycles. The van der Waals surface area contributed by atoms with Crippen molar-refractivity contribution in [2.45, 2.75) is 25.3 Å². The summed E-state index contributed by atoms with van der Waals surface area (Å²) in [5, 5.41) is 1.18. The second kappa shape index (κ2) is 3.18. The van der Waals surface area contributed by atoms with Gasteiger partial charge >= 0.3 is 0 Å². The molecule has 0 aromatic carbocycles. The van der Waals surface area contributed by atoms with Crippen LogP contribution in [-0.2, 0) is 0 Å². The minimum Gasteiger partial charge on any atom is -0.328 e. The van der Waals surface area contributed by atoms with Crippen LogP contribution in [0.3, 0.4) is 0 Å². The van der Waals surface area contributed by atoms with E-state index >= 15 is 0 Å². The minimum absolute atomic E-state index is 0.677. The Bertz CT molecular complexity index is 473. The molecule has 0 unspecified atom stereocenters. The van der Waals surface area contributed by atoms with Crippen molar-refractivity contribution in [3.8, 4) is 0 Å². The van der Waals surface area contributed by atoms with Crippen LogP contribution < -0.4 is 0 Å². The molecular weight excluding hydrogens is 289 g/mol. The van der Waals surface area contributed by atoms with Crippen molar-refractivity contribution in [2.75, 3.05) is 0 Å². The molecule has 0 spiro atoms. The van der Waals surface area contributed by atoms with Crippen LogP contribution in [0.1, 0.15) is 25.3 Å². The summed E-state index contributed by atoms with van der Waals surface area (Å²) in [6.07, 6.45) is 9.68. The lowest BCUT2D eigenvalue weighted by atomic mass is 9.93. The second-order valence-corrected chi connectivity index (χ2v) is 4.89. The lowest BCUT2D eigenvalue weighted by Crippen LogP contribution is -2.16. The number of fused-ring (bicyclic) bond motifs is 1. The normalized spacial score (nSPS) is 17.2. The monoisotopic (exact) mass is 299 g/mol. The van der Waals surface area contributed by atoms with Gasteiger partial charge in [-0.05, 0) is 41.9 Å². The fourth-order valence-corrected chi connectivity index (χ4v) is 2.57. The summed E-state index contributed by atoms with van der Waals surface area (Å²) in [5.74, 6) is 0. The molecule has 1 fully saturated rings. The number of nitrogens with zero attached hydrogens (tertiary/aromatic N) is 3. The molecule has 0 bridgehead atoms. The number of hydrogen-bond donors (Lipinski definition) is 0. The maximum Gasteiger partial charge on any atom is 0.144 e. The molecule has 1 saturated carbocycles. The molecule has 1 aliphatic rings. The molecule has 0 N–H and O–H groups in total. The Kier molecular flexibility index (Phi) is 1.97. The number of halogens is 1. The van der Waals surface area contributed by atoms with Gasteiger partial charge in [0.15, 0.2) is 0 Å². The average molecular weight is 299 g/mol. The van der Waals surface area contributed by atoms with Gasteiger partial charge in [-0.15, -0.1) is 0 Å². The SMILES string of the molecule is Ic1cn(C2CCC2)c2ncncc12. The van der Waals surface area contributed by atoms with E-state index in [9.17, 15) is 0 Å². The van der Waals surface area contributed by atoms with Crippen LogP contribution >= 0.6 is 22.6 Å². The van der Waals surface area contributed by atoms with Gasteiger partial charge in [0.2, 0.25) is 0 Å². The molecule has 0 saturated heterocycles. The zero-order chi connectivity index (χ0) is 9.54. The van der Waals surface area contributed by atoms with E-state index < -0.39 is 0 Å². The van der Waals surface area contributed by atoms with Crippen molar-refractivity contribution >= 4 is 33.6 Å². The van der Waals surface area contributed by atoms with E-state index in [-0.39, 0.29) is 0 Å². The zero-order valence-corrected chi connectivity index (χ0v) is 9.81. The van der Waals surface area contributed by atoms with E-state index in [0.29, 0.717) is 6.04 Å². The molecular formula is C10H10IN3. The highest BCUT2D eigenvalue weighted by atomic mass is 127. The highest BCUT2D eigenvalue weighted by molar-refractivity contribution is 14.1. The van der Waals surface area contributed by atoms with Crippen molar-refractivity contribution in [3.05, 3.63) is 22.3 Å². The summed E-state index contributed by atoms with van der Waals surface area (Å²) >= 11 is 2.35. The smallest absolute Gasteiger partial charge is 0.144 e. The van der Waals surface area contributed by atoms with Crippen LogP contribution in [0.5, 0.6) is 0 Å². The Morgan fingerprint density at radius 1 is 1.43 bits per heavy atom. The zero-order valence-electron chi connectivity index (χ0n) is 7.65. The highest BCUT2D eigenvalue weighted by Gasteiger charge is 2.22. The molecule has 14 heavy (non-hydrogen) atoms. The van der Waals surface area contributed by atoms with Gasteiger partial charge in [-0.25, -0.2) is 9.97 Å². The van der Waals surface area contributed by atoms with Crippen molar-refractivity contribution in [2.24, 2.45) is 0 Å². The predicted molar refractivity (Wildman–Crippen MR) is 63.1 cm³/mol. The standard InChI is InChI=1S/C10H10IN3/c11-9-5-14(7-2-1-3-7)10-8(9)4-12-6-13-10/h4-7H,1-3H2. The van der Waals surface area contributed by atoms with Crippen LogP contribution in [0.2, 0.25) is 0 Å². The molecule has 2 aromatic rings. The molecule has 2 aromatic heterocycles. The van der Waals surface area contributed by atoms with Crippen molar-refractivity contribution in [3.63, 3.8) is 0 Å². The number of aromatic nitrogens is 3. The first kappa shape index (κ1) is 8.64. The van der Waals surface area contributed by atoms with Gasteiger partial charge in [0.05, 0.1) is 5.39 Å². The molecule has 0 amide bonds. The molecule has 3 rings (SSSR count). The molecule has 0 radical (unpaired) electrons. The van der Waals surface area contributed by atoms with Gasteiger partial charge in [-0.3, -0.25) is 0 Å². The van der Waals surface area contributed by atoms with Crippen molar-refractivity contribution in [1.82, 2.24) is 14.5 Å². The van der Waals surface area contributed by atoms with E-state index in [1.165, 1.54) is 28.2 Å². The highest BCUT2D eigenvalue weighted by Crippen LogP contribution is 2.35. The van der Waals surface area contributed by atoms with E-state index in [0.717, 1.165) is 5.65 Å². The third-order valence-electron chi connectivity index (χ3n) is 2.91. The Balaban J connectivity index is 2.23. The van der Waals surface area contributed by atoms with Crippen LogP contribution in [0.4, 0.5) is 0 Å². The molecule has 0 aliphatic heterocycles. The summed E-state index contributed by atoms with van der Waals surface area (Å²) in [4.78, 5) is 8.41. The summed E-state index contributed by atoms with van der Waals surface area (Å²) in [7, 11) is 0. The Labute approximate surface area is 95.7 Å². The van der Waals surface area contributed by atoms with E-state index in [4.69, 9.17) is 0 Å². The van der Waals surface area contributed by atoms with Gasteiger partial charge < -0.3 is 4.57 Å². The maximum atomic E-state index is 4.35. The van der Waals surface area contributed by atoms with Crippen LogP contribution in [0.25, 0.3) is 11.0 Å². The first-order valence-electron chi connectivity index (χ1n) is 4.82. The van der Waals surface area contributed by atoms with E-state index in [1.54, 1.807) is 6.33 Å². The van der Waals surface area contributed by atoms with Crippen molar-refractivity contribution < 1.29 is 0 Å². The fourth-order valence-electron chi connectivity index (χ4n) is 1.89. The third-order valence-corrected chi connectivity index (χ3v) is 3.77. The first-order valence-corrected chi connectivity index (χ1v) is 5.90. The number of rotatable bonds is 1. The van der Waals surface area contributed by atoms with Crippen LogP contribution in [0, 0.1) is 3.57 Å². The second-order valence-electron chi connectivity index (χ2n) is 3.73. The maximum absolute atomic E-state index is 4.35. The molecule has 1 aliphatic carbocycles. The van der Waals surface area contributed by atoms with Gasteiger partial charge in [-0.2, -0.15) is 0 Å². The summed E-state index contributed by atoms with van der Waals surface area (Å²) < 4.78 is 3.56. The van der Waals surface area contributed by atoms with Crippen LogP contribution in [-0.4, -0.2) is 14.5 Å². The lowest BCUT2D eigenvalue weighted by molar-refractivity contribution is 0.320. The van der Waals surface area contributed by atoms with Crippen LogP contribution in [0.15, 0.2) is 18.7 Å². The largest absolute Gasteiger partial charge is 0.328 e. The molecule has 3 nitrogen and oxygen atoms in total. The van der Waals surface area contributed by atoms with Crippen molar-refractivity contribution in [1.29, 1.82) is 0 Å². The summed E-state index contributed by atoms with van der Waals surface area (Å²) in [6, 6.07) is 0.677. The lowest BCUT2D eigenvalue weighted by Gasteiger charge is -2.27. The van der Waals surface area contributed by atoms with Gasteiger partial charge in [-0.1, -0.05) is 0 Å². The average Bonchev–Trinajstić information content (AvgIpc) is 2.43. The Morgan fingerprint density at radius 3 is 3.00 bits per heavy atom. The Morgan fingerprint density at radius 2 is 2.29 bits per heavy atom. The third kappa shape index (κ3) is 1.16. The minimum atomic E-state index is 0.677. The topological polar surface area (TPSA) is 30.7 Å². The Hall–Kier alpha value is -0.650. The van der Waals surface area contributed by atoms with E-state index in [2.05, 4.69) is 43.3 Å². The van der Waals surface area contributed by atoms with E-state index in [1.807, 2.05) is 6.20 Å². The molecule has 4 heteroatoms. The predicted octanol–water partition coefficient (Wildman–Crippen LogP) is 2.76. The molecule has 0 atom stereocenters. The molecule has 72 valence electrons. The summed E-state index contributed by atoms with van der Waals surface area (Å²) in [6.45, 7) is 0. The first-order chi connectivity index (χ1) is 6.86. The quantitative estimate of drug-likeness (QED) is 0.758. The van der Waals surface area contributed by atoms with Gasteiger partial charge in [0.25, 0.3) is 0 Å². The number of hydrogen-bond acceptors (Lipinski definition) is 2. The van der Waals surface area contributed by atoms with Gasteiger partial charge in [0, 0.05) is 22.0 Å².